The second-order valence-corrected chi connectivity index (χ2v) is 8.42. The molecule has 4 aromatic rings. The quantitative estimate of drug-likeness (QED) is 0.391. The van der Waals surface area contributed by atoms with E-state index in [2.05, 4.69) is 36.6 Å². The molecular formula is C23H22BrN5O3. The third-order valence-corrected chi connectivity index (χ3v) is 5.37. The monoisotopic (exact) mass is 495 g/mol. The molecule has 0 fully saturated rings. The molecule has 32 heavy (non-hydrogen) atoms. The van der Waals surface area contributed by atoms with Crippen LogP contribution in [0.5, 0.6) is 0 Å². The van der Waals surface area contributed by atoms with Crippen LogP contribution in [0.2, 0.25) is 0 Å². The van der Waals surface area contributed by atoms with E-state index in [1.165, 1.54) is 0 Å². The summed E-state index contributed by atoms with van der Waals surface area (Å²) < 4.78 is 12.2. The zero-order chi connectivity index (χ0) is 22.7. The number of benzene rings is 2. The molecule has 4 rings (SSSR count). The minimum atomic E-state index is -0.126. The number of aryl methyl sites for hydroxylation is 2. The van der Waals surface area contributed by atoms with Crippen LogP contribution in [-0.4, -0.2) is 39.8 Å². The summed E-state index contributed by atoms with van der Waals surface area (Å²) in [6, 6.07) is 15.4. The molecule has 0 spiro atoms. The van der Waals surface area contributed by atoms with E-state index < -0.39 is 0 Å². The fourth-order valence-corrected chi connectivity index (χ4v) is 3.80. The molecule has 8 nitrogen and oxygen atoms in total. The molecule has 0 saturated carbocycles. The topological polar surface area (TPSA) is 97.3 Å². The maximum absolute atomic E-state index is 12.4. The molecule has 0 saturated heterocycles. The molecule has 2 heterocycles. The molecule has 0 bridgehead atoms. The standard InChI is InChI=1S/C23H22BrN5O3/c1-14-11-17(24)9-10-18(14)25-19(30)12-29(3)13-20-26-27-23(31-20)21-15(2)32-28-22(21)16-7-5-4-6-8-16/h4-11H,12-13H2,1-3H3,(H,25,30). The summed E-state index contributed by atoms with van der Waals surface area (Å²) in [4.78, 5) is 14.2. The lowest BCUT2D eigenvalue weighted by Crippen LogP contribution is -2.30. The lowest BCUT2D eigenvalue weighted by molar-refractivity contribution is -0.117. The van der Waals surface area contributed by atoms with Crippen molar-refractivity contribution in [2.45, 2.75) is 20.4 Å². The normalized spacial score (nSPS) is 11.2. The van der Waals surface area contributed by atoms with Gasteiger partial charge in [0, 0.05) is 15.7 Å². The van der Waals surface area contributed by atoms with Crippen LogP contribution in [0.1, 0.15) is 17.2 Å². The molecular weight excluding hydrogens is 474 g/mol. The van der Waals surface area contributed by atoms with Crippen molar-refractivity contribution in [1.29, 1.82) is 0 Å². The minimum absolute atomic E-state index is 0.126. The van der Waals surface area contributed by atoms with Crippen molar-refractivity contribution < 1.29 is 13.7 Å². The van der Waals surface area contributed by atoms with Crippen LogP contribution in [0.4, 0.5) is 5.69 Å². The number of aromatic nitrogens is 3. The number of nitrogens with zero attached hydrogens (tertiary/aromatic N) is 4. The molecule has 9 heteroatoms. The van der Waals surface area contributed by atoms with Gasteiger partial charge < -0.3 is 14.3 Å². The zero-order valence-electron chi connectivity index (χ0n) is 17.9. The third-order valence-electron chi connectivity index (χ3n) is 4.87. The van der Waals surface area contributed by atoms with Crippen LogP contribution in [0.25, 0.3) is 22.7 Å². The molecule has 0 aliphatic carbocycles. The Labute approximate surface area is 193 Å². The van der Waals surface area contributed by atoms with Gasteiger partial charge >= 0.3 is 0 Å². The molecule has 0 atom stereocenters. The Kier molecular flexibility index (Phi) is 6.48. The number of hydrogen-bond donors (Lipinski definition) is 1. The van der Waals surface area contributed by atoms with Crippen LogP contribution in [0.3, 0.4) is 0 Å². The van der Waals surface area contributed by atoms with Gasteiger partial charge in [0.1, 0.15) is 17.0 Å². The Morgan fingerprint density at radius 1 is 1.12 bits per heavy atom. The van der Waals surface area contributed by atoms with E-state index >= 15 is 0 Å². The van der Waals surface area contributed by atoms with Gasteiger partial charge in [0.25, 0.3) is 5.89 Å². The van der Waals surface area contributed by atoms with E-state index in [1.54, 1.807) is 11.8 Å². The molecule has 1 N–H and O–H groups in total. The molecule has 164 valence electrons. The Balaban J connectivity index is 1.43. The molecule has 2 aromatic carbocycles. The van der Waals surface area contributed by atoms with Gasteiger partial charge in [-0.05, 0) is 44.7 Å². The van der Waals surface area contributed by atoms with E-state index in [4.69, 9.17) is 8.94 Å². The lowest BCUT2D eigenvalue weighted by atomic mass is 10.1. The average Bonchev–Trinajstić information content (AvgIpc) is 3.36. The molecule has 2 aromatic heterocycles. The summed E-state index contributed by atoms with van der Waals surface area (Å²) in [5.41, 5.74) is 3.98. The van der Waals surface area contributed by atoms with Crippen molar-refractivity contribution in [2.24, 2.45) is 0 Å². The summed E-state index contributed by atoms with van der Waals surface area (Å²) in [6.07, 6.45) is 0. The van der Waals surface area contributed by atoms with Gasteiger partial charge in [0.2, 0.25) is 11.8 Å². The Bertz CT molecular complexity index is 1240. The van der Waals surface area contributed by atoms with Crippen LogP contribution in [0, 0.1) is 13.8 Å². The van der Waals surface area contributed by atoms with Crippen LogP contribution in [-0.2, 0) is 11.3 Å². The van der Waals surface area contributed by atoms with Crippen molar-refractivity contribution in [3.05, 3.63) is 70.2 Å². The van der Waals surface area contributed by atoms with Gasteiger partial charge in [-0.15, -0.1) is 10.2 Å². The Hall–Kier alpha value is -3.30. The van der Waals surface area contributed by atoms with E-state index in [9.17, 15) is 4.79 Å². The van der Waals surface area contributed by atoms with Crippen molar-refractivity contribution in [3.8, 4) is 22.7 Å². The molecule has 1 amide bonds. The Morgan fingerprint density at radius 3 is 2.66 bits per heavy atom. The van der Waals surface area contributed by atoms with Gasteiger partial charge in [-0.2, -0.15) is 0 Å². The maximum Gasteiger partial charge on any atom is 0.253 e. The minimum Gasteiger partial charge on any atom is -0.419 e. The fourth-order valence-electron chi connectivity index (χ4n) is 3.32. The van der Waals surface area contributed by atoms with Crippen molar-refractivity contribution in [1.82, 2.24) is 20.3 Å². The largest absolute Gasteiger partial charge is 0.419 e. The van der Waals surface area contributed by atoms with Crippen molar-refractivity contribution in [2.75, 3.05) is 18.9 Å². The number of anilines is 1. The summed E-state index contributed by atoms with van der Waals surface area (Å²) >= 11 is 3.42. The number of carbonyl (C=O) groups is 1. The molecule has 0 radical (unpaired) electrons. The van der Waals surface area contributed by atoms with Crippen molar-refractivity contribution in [3.63, 3.8) is 0 Å². The SMILES string of the molecule is Cc1cc(Br)ccc1NC(=O)CN(C)Cc1nnc(-c2c(-c3ccccc3)noc2C)o1. The van der Waals surface area contributed by atoms with Gasteiger partial charge in [-0.3, -0.25) is 9.69 Å². The number of nitrogens with one attached hydrogen (secondary N) is 1. The second-order valence-electron chi connectivity index (χ2n) is 7.51. The van der Waals surface area contributed by atoms with Crippen LogP contribution >= 0.6 is 15.9 Å². The highest BCUT2D eigenvalue weighted by Crippen LogP contribution is 2.33. The third kappa shape index (κ3) is 4.95. The highest BCUT2D eigenvalue weighted by molar-refractivity contribution is 9.10. The highest BCUT2D eigenvalue weighted by atomic mass is 79.9. The van der Waals surface area contributed by atoms with Crippen LogP contribution in [0.15, 0.2) is 61.9 Å². The lowest BCUT2D eigenvalue weighted by Gasteiger charge is -2.15. The average molecular weight is 496 g/mol. The van der Waals surface area contributed by atoms with Crippen LogP contribution < -0.4 is 5.32 Å². The highest BCUT2D eigenvalue weighted by Gasteiger charge is 2.22. The van der Waals surface area contributed by atoms with Gasteiger partial charge in [0.05, 0.1) is 13.1 Å². The first kappa shape index (κ1) is 21.9. The number of amides is 1. The first-order chi connectivity index (χ1) is 15.4. The second kappa shape index (κ2) is 9.46. The summed E-state index contributed by atoms with van der Waals surface area (Å²) in [7, 11) is 1.82. The smallest absolute Gasteiger partial charge is 0.253 e. The summed E-state index contributed by atoms with van der Waals surface area (Å²) in [6.45, 7) is 4.25. The number of likely N-dealkylation sites (N-methyl/N-ethyl adjacent to an activating group) is 1. The summed E-state index contributed by atoms with van der Waals surface area (Å²) in [5.74, 6) is 1.20. The van der Waals surface area contributed by atoms with E-state index in [0.717, 1.165) is 21.3 Å². The number of rotatable bonds is 7. The summed E-state index contributed by atoms with van der Waals surface area (Å²) in [5, 5.41) is 15.4. The van der Waals surface area contributed by atoms with Crippen molar-refractivity contribution >= 4 is 27.5 Å². The zero-order valence-corrected chi connectivity index (χ0v) is 19.5. The molecule has 0 aliphatic rings. The Morgan fingerprint density at radius 2 is 1.91 bits per heavy atom. The fraction of sp³-hybridized carbons (Fsp3) is 0.217. The van der Waals surface area contributed by atoms with Gasteiger partial charge in [-0.25, -0.2) is 0 Å². The number of hydrogen-bond acceptors (Lipinski definition) is 7. The first-order valence-electron chi connectivity index (χ1n) is 9.99. The predicted molar refractivity (Wildman–Crippen MR) is 124 cm³/mol. The first-order valence-corrected chi connectivity index (χ1v) is 10.8. The van der Waals surface area contributed by atoms with Gasteiger partial charge in [0.15, 0.2) is 0 Å². The van der Waals surface area contributed by atoms with E-state index in [-0.39, 0.29) is 12.5 Å². The maximum atomic E-state index is 12.4. The predicted octanol–water partition coefficient (Wildman–Crippen LogP) is 4.84. The molecule has 0 aliphatic heterocycles. The number of carbonyl (C=O) groups excluding carboxylic acids is 1. The van der Waals surface area contributed by atoms with E-state index in [0.29, 0.717) is 35.3 Å². The molecule has 0 unspecified atom stereocenters. The van der Waals surface area contributed by atoms with E-state index in [1.807, 2.05) is 62.5 Å². The number of halogens is 1. The van der Waals surface area contributed by atoms with Gasteiger partial charge in [-0.1, -0.05) is 51.4 Å².